The molecule has 50 heavy (non-hydrogen) atoms. The van der Waals surface area contributed by atoms with Crippen LogP contribution >= 0.6 is 0 Å². The maximum absolute atomic E-state index is 15.5. The van der Waals surface area contributed by atoms with Crippen LogP contribution in [0.25, 0.3) is 0 Å². The lowest BCUT2D eigenvalue weighted by Gasteiger charge is -2.39. The van der Waals surface area contributed by atoms with Crippen LogP contribution in [0.1, 0.15) is 64.0 Å². The van der Waals surface area contributed by atoms with Crippen molar-refractivity contribution in [3.63, 3.8) is 0 Å². The summed E-state index contributed by atoms with van der Waals surface area (Å²) in [6.45, 7) is 7.48. The zero-order valence-corrected chi connectivity index (χ0v) is 28.5. The Morgan fingerprint density at radius 1 is 1.04 bits per heavy atom. The second-order valence-electron chi connectivity index (χ2n) is 12.9. The van der Waals surface area contributed by atoms with E-state index in [9.17, 15) is 19.6 Å². The first-order valence-corrected chi connectivity index (χ1v) is 17.2. The summed E-state index contributed by atoms with van der Waals surface area (Å²) in [5.41, 5.74) is 5.13. The number of nitrogens with one attached hydrogen (secondary N) is 2. The number of fused-ring (bicyclic) bond motifs is 1. The number of amides is 3. The van der Waals surface area contributed by atoms with Crippen LogP contribution < -0.4 is 20.3 Å². The number of ether oxygens (including phenoxy) is 2. The molecule has 2 fully saturated rings. The second kappa shape index (κ2) is 15.8. The lowest BCUT2D eigenvalue weighted by Crippen LogP contribution is -2.52. The molecule has 3 aromatic rings. The van der Waals surface area contributed by atoms with Gasteiger partial charge in [0.1, 0.15) is 24.2 Å². The molecule has 2 atom stereocenters. The summed E-state index contributed by atoms with van der Waals surface area (Å²) in [6.07, 6.45) is 1.14. The molecule has 0 radical (unpaired) electrons. The van der Waals surface area contributed by atoms with Crippen LogP contribution in [0.3, 0.4) is 0 Å². The van der Waals surface area contributed by atoms with Crippen molar-refractivity contribution >= 4 is 23.4 Å². The Morgan fingerprint density at radius 3 is 2.60 bits per heavy atom. The third kappa shape index (κ3) is 7.65. The maximum atomic E-state index is 15.5. The molecule has 2 saturated heterocycles. The van der Waals surface area contributed by atoms with Gasteiger partial charge in [-0.05, 0) is 74.3 Å². The lowest BCUT2D eigenvalue weighted by molar-refractivity contribution is -0.136. The van der Waals surface area contributed by atoms with Crippen LogP contribution in [0.15, 0.2) is 54.6 Å². The van der Waals surface area contributed by atoms with Crippen molar-refractivity contribution in [1.82, 2.24) is 20.4 Å². The van der Waals surface area contributed by atoms with Crippen molar-refractivity contribution in [2.75, 3.05) is 57.9 Å². The van der Waals surface area contributed by atoms with Gasteiger partial charge in [0.2, 0.25) is 11.8 Å². The third-order valence-corrected chi connectivity index (χ3v) is 9.93. The fourth-order valence-electron chi connectivity index (χ4n) is 6.92. The SMILES string of the molecule is CNCCOCCc1cc(N2CCN(C(C)c3ccc(COc4cccc5c4CN([C@H]4CCC(=O)NC4=O)C5=O)c(F)c3)CC2)ccc1C#N. The number of carbonyl (C=O) groups is 3. The molecule has 0 bridgehead atoms. The van der Waals surface area contributed by atoms with Gasteiger partial charge in [-0.15, -0.1) is 0 Å². The first kappa shape index (κ1) is 35.0. The van der Waals surface area contributed by atoms with Gasteiger partial charge in [0.05, 0.1) is 31.4 Å². The van der Waals surface area contributed by atoms with Gasteiger partial charge in [0.15, 0.2) is 0 Å². The van der Waals surface area contributed by atoms with E-state index in [1.54, 1.807) is 30.3 Å². The molecule has 11 nitrogen and oxygen atoms in total. The summed E-state index contributed by atoms with van der Waals surface area (Å²) in [5, 5.41) is 15.0. The molecular weight excluding hydrogens is 639 g/mol. The average Bonchev–Trinajstić information content (AvgIpc) is 3.46. The molecule has 3 aliphatic heterocycles. The predicted octanol–water partition coefficient (Wildman–Crippen LogP) is 3.70. The summed E-state index contributed by atoms with van der Waals surface area (Å²) >= 11 is 0. The molecule has 0 aromatic heterocycles. The number of carbonyl (C=O) groups excluding carboxylic acids is 3. The number of hydrogen-bond acceptors (Lipinski definition) is 9. The molecule has 2 N–H and O–H groups in total. The summed E-state index contributed by atoms with van der Waals surface area (Å²) in [5.74, 6) is -0.986. The highest BCUT2D eigenvalue weighted by molar-refractivity contribution is 6.05. The van der Waals surface area contributed by atoms with E-state index in [0.29, 0.717) is 47.6 Å². The number of piperazine rings is 1. The van der Waals surface area contributed by atoms with Crippen molar-refractivity contribution in [3.05, 3.63) is 93.8 Å². The van der Waals surface area contributed by atoms with Crippen LogP contribution in [0.2, 0.25) is 0 Å². The van der Waals surface area contributed by atoms with Crippen LogP contribution in [-0.4, -0.2) is 86.5 Å². The zero-order valence-electron chi connectivity index (χ0n) is 28.5. The molecule has 0 spiro atoms. The smallest absolute Gasteiger partial charge is 0.255 e. The van der Waals surface area contributed by atoms with Crippen molar-refractivity contribution in [3.8, 4) is 11.8 Å². The van der Waals surface area contributed by atoms with Gasteiger partial charge in [-0.25, -0.2) is 4.39 Å². The van der Waals surface area contributed by atoms with E-state index >= 15 is 4.39 Å². The van der Waals surface area contributed by atoms with Gasteiger partial charge in [-0.1, -0.05) is 18.2 Å². The van der Waals surface area contributed by atoms with E-state index in [1.807, 2.05) is 25.2 Å². The number of likely N-dealkylation sites (N-methyl/N-ethyl adjacent to an activating group) is 1. The quantitative estimate of drug-likeness (QED) is 0.205. The Bertz CT molecular complexity index is 1790. The largest absolute Gasteiger partial charge is 0.488 e. The molecule has 0 aliphatic carbocycles. The number of imide groups is 1. The number of hydrogen-bond donors (Lipinski definition) is 2. The number of anilines is 1. The molecule has 262 valence electrons. The van der Waals surface area contributed by atoms with Gasteiger partial charge in [0.25, 0.3) is 5.91 Å². The van der Waals surface area contributed by atoms with Crippen LogP contribution in [0, 0.1) is 17.1 Å². The molecule has 0 saturated carbocycles. The van der Waals surface area contributed by atoms with E-state index in [1.165, 1.54) is 4.90 Å². The molecule has 3 aromatic carbocycles. The minimum atomic E-state index is -0.719. The summed E-state index contributed by atoms with van der Waals surface area (Å²) in [6, 6.07) is 18.0. The van der Waals surface area contributed by atoms with E-state index in [-0.39, 0.29) is 49.7 Å². The number of nitriles is 1. The summed E-state index contributed by atoms with van der Waals surface area (Å²) in [4.78, 5) is 43.3. The predicted molar refractivity (Wildman–Crippen MR) is 185 cm³/mol. The summed E-state index contributed by atoms with van der Waals surface area (Å²) < 4.78 is 27.2. The number of piperidine rings is 1. The Labute approximate surface area is 291 Å². The number of halogens is 1. The average molecular weight is 683 g/mol. The van der Waals surface area contributed by atoms with Crippen molar-refractivity contribution in [2.45, 2.75) is 51.4 Å². The van der Waals surface area contributed by atoms with E-state index in [2.05, 4.69) is 39.5 Å². The molecule has 6 rings (SSSR count). The number of nitrogens with zero attached hydrogens (tertiary/aromatic N) is 4. The standard InChI is InChI=1S/C38H43FN6O5/c1-25(43-14-16-44(17-15-43)30-9-8-28(22-40)27(20-30)12-18-49-19-13-41-2)26-6-7-29(33(39)21-26)24-50-35-5-3-4-31-32(35)23-45(38(31)48)34-10-11-36(46)42-37(34)47/h3-9,20-21,25,34,41H,10-19,23-24H2,1-2H3,(H,42,46,47)/t25?,34-/m0/s1. The first-order valence-electron chi connectivity index (χ1n) is 17.2. The Kier molecular flexibility index (Phi) is 11.1. The number of benzene rings is 3. The zero-order chi connectivity index (χ0) is 35.2. The minimum Gasteiger partial charge on any atom is -0.488 e. The van der Waals surface area contributed by atoms with Crippen LogP contribution in [0.4, 0.5) is 10.1 Å². The fraction of sp³-hybridized carbons (Fsp3) is 0.421. The van der Waals surface area contributed by atoms with Crippen molar-refractivity contribution in [1.29, 1.82) is 5.26 Å². The van der Waals surface area contributed by atoms with Crippen LogP contribution in [0.5, 0.6) is 5.75 Å². The lowest BCUT2D eigenvalue weighted by atomic mass is 10.0. The van der Waals surface area contributed by atoms with Gasteiger partial charge >= 0.3 is 0 Å². The molecule has 3 amide bonds. The minimum absolute atomic E-state index is 0.00886. The van der Waals surface area contributed by atoms with Gasteiger partial charge in [-0.2, -0.15) is 5.26 Å². The molecule has 3 aliphatic rings. The third-order valence-electron chi connectivity index (χ3n) is 9.93. The number of rotatable bonds is 13. The molecule has 3 heterocycles. The Morgan fingerprint density at radius 2 is 1.86 bits per heavy atom. The van der Waals surface area contributed by atoms with Gasteiger partial charge < -0.3 is 24.6 Å². The second-order valence-corrected chi connectivity index (χ2v) is 12.9. The van der Waals surface area contributed by atoms with Gasteiger partial charge in [0, 0.05) is 67.6 Å². The molecular formula is C38H43FN6O5. The Balaban J connectivity index is 1.04. The summed E-state index contributed by atoms with van der Waals surface area (Å²) in [7, 11) is 1.89. The topological polar surface area (TPSA) is 127 Å². The van der Waals surface area contributed by atoms with E-state index in [4.69, 9.17) is 9.47 Å². The fourth-order valence-corrected chi connectivity index (χ4v) is 6.92. The molecule has 12 heteroatoms. The van der Waals surface area contributed by atoms with E-state index in [0.717, 1.165) is 49.5 Å². The Hall–Kier alpha value is -4.83. The van der Waals surface area contributed by atoms with Crippen LogP contribution in [-0.2, 0) is 33.9 Å². The highest BCUT2D eigenvalue weighted by Gasteiger charge is 2.40. The van der Waals surface area contributed by atoms with Crippen molar-refractivity contribution < 1.29 is 28.2 Å². The molecule has 1 unspecified atom stereocenters. The monoisotopic (exact) mass is 682 g/mol. The normalized spacial score (nSPS) is 18.5. The van der Waals surface area contributed by atoms with Gasteiger partial charge in [-0.3, -0.25) is 24.6 Å². The highest BCUT2D eigenvalue weighted by atomic mass is 19.1. The van der Waals surface area contributed by atoms with E-state index < -0.39 is 11.9 Å². The van der Waals surface area contributed by atoms with Crippen molar-refractivity contribution in [2.24, 2.45) is 0 Å². The maximum Gasteiger partial charge on any atom is 0.255 e. The highest BCUT2D eigenvalue weighted by Crippen LogP contribution is 2.34. The first-order chi connectivity index (χ1) is 24.3.